The van der Waals surface area contributed by atoms with E-state index >= 15 is 0 Å². The van der Waals surface area contributed by atoms with E-state index in [1.807, 2.05) is 35.7 Å². The number of hydrogen-bond donors (Lipinski definition) is 2. The third-order valence-corrected chi connectivity index (χ3v) is 6.96. The van der Waals surface area contributed by atoms with Crippen LogP contribution in [0.4, 0.5) is 4.39 Å². The Bertz CT molecular complexity index is 1090. The van der Waals surface area contributed by atoms with Gasteiger partial charge in [0, 0.05) is 35.7 Å². The molecule has 3 aromatic heterocycles. The van der Waals surface area contributed by atoms with Gasteiger partial charge in [-0.15, -0.1) is 11.3 Å². The number of pyridine rings is 1. The van der Waals surface area contributed by atoms with E-state index in [1.54, 1.807) is 30.2 Å². The molecular formula is C23H23FN4OS2. The zero-order valence-electron chi connectivity index (χ0n) is 17.1. The van der Waals surface area contributed by atoms with Gasteiger partial charge in [0.2, 0.25) is 0 Å². The summed E-state index contributed by atoms with van der Waals surface area (Å²) in [5, 5.41) is 5.66. The third-order valence-electron chi connectivity index (χ3n) is 5.13. The molecule has 0 aromatic carbocycles. The van der Waals surface area contributed by atoms with Crippen molar-refractivity contribution in [1.82, 2.24) is 20.3 Å². The average molecular weight is 455 g/mol. The monoisotopic (exact) mass is 454 g/mol. The smallest absolute Gasteiger partial charge is 0.261 e. The van der Waals surface area contributed by atoms with Gasteiger partial charge in [0.15, 0.2) is 5.16 Å². The highest BCUT2D eigenvalue weighted by Gasteiger charge is 2.31. The second-order valence-electron chi connectivity index (χ2n) is 7.48. The van der Waals surface area contributed by atoms with Gasteiger partial charge in [-0.3, -0.25) is 9.78 Å². The van der Waals surface area contributed by atoms with Gasteiger partial charge in [-0.1, -0.05) is 30.8 Å². The van der Waals surface area contributed by atoms with Crippen molar-refractivity contribution in [3.63, 3.8) is 0 Å². The highest BCUT2D eigenvalue weighted by atomic mass is 32.2. The van der Waals surface area contributed by atoms with Gasteiger partial charge in [-0.2, -0.15) is 0 Å². The van der Waals surface area contributed by atoms with Crippen molar-refractivity contribution < 1.29 is 9.18 Å². The molecule has 4 rings (SSSR count). The fraction of sp³-hybridized carbons (Fsp3) is 0.261. The molecule has 0 aliphatic heterocycles. The van der Waals surface area contributed by atoms with Crippen molar-refractivity contribution >= 4 is 29.0 Å². The van der Waals surface area contributed by atoms with Gasteiger partial charge in [-0.05, 0) is 48.6 Å². The molecule has 3 heterocycles. The van der Waals surface area contributed by atoms with Crippen LogP contribution in [0.3, 0.4) is 0 Å². The van der Waals surface area contributed by atoms with Crippen LogP contribution in [0.2, 0.25) is 0 Å². The number of imidazole rings is 1. The minimum atomic E-state index is -0.366. The number of nitrogens with zero attached hydrogens (tertiary/aromatic N) is 2. The number of amides is 1. The molecule has 2 N–H and O–H groups in total. The number of nitrogens with one attached hydrogen (secondary N) is 2. The molecule has 0 saturated carbocycles. The lowest BCUT2D eigenvalue weighted by Crippen LogP contribution is -2.23. The Hall–Kier alpha value is -2.71. The van der Waals surface area contributed by atoms with E-state index in [-0.39, 0.29) is 17.1 Å². The highest BCUT2D eigenvalue weighted by molar-refractivity contribution is 7.99. The Morgan fingerprint density at radius 3 is 2.90 bits per heavy atom. The molecule has 1 aliphatic rings. The predicted molar refractivity (Wildman–Crippen MR) is 124 cm³/mol. The Morgan fingerprint density at radius 2 is 2.19 bits per heavy atom. The molecule has 0 radical (unpaired) electrons. The minimum absolute atomic E-state index is 0.0300. The Kier molecular flexibility index (Phi) is 6.67. The van der Waals surface area contributed by atoms with Crippen LogP contribution in [0.25, 0.3) is 11.3 Å². The highest BCUT2D eigenvalue weighted by Crippen LogP contribution is 2.39. The molecule has 5 nitrogen and oxygen atoms in total. The second-order valence-corrected chi connectivity index (χ2v) is 9.51. The summed E-state index contributed by atoms with van der Waals surface area (Å²) in [5.74, 6) is 0.577. The molecule has 1 aliphatic carbocycles. The lowest BCUT2D eigenvalue weighted by Gasteiger charge is -2.26. The number of halogens is 1. The summed E-state index contributed by atoms with van der Waals surface area (Å²) in [7, 11) is 0. The molecule has 0 spiro atoms. The van der Waals surface area contributed by atoms with Crippen molar-refractivity contribution in [1.29, 1.82) is 0 Å². The van der Waals surface area contributed by atoms with Gasteiger partial charge in [0.25, 0.3) is 5.91 Å². The molecule has 1 amide bonds. The number of thioether (sulfide) groups is 1. The zero-order chi connectivity index (χ0) is 21.7. The van der Waals surface area contributed by atoms with Gasteiger partial charge in [0.1, 0.15) is 5.83 Å². The number of aromatic amines is 1. The number of thiophene rings is 1. The minimum Gasteiger partial charge on any atom is -0.351 e. The predicted octanol–water partition coefficient (Wildman–Crippen LogP) is 5.52. The van der Waals surface area contributed by atoms with Gasteiger partial charge in [0.05, 0.1) is 16.3 Å². The fourth-order valence-corrected chi connectivity index (χ4v) is 4.84. The molecule has 8 heteroatoms. The second kappa shape index (κ2) is 9.62. The largest absolute Gasteiger partial charge is 0.351 e. The summed E-state index contributed by atoms with van der Waals surface area (Å²) >= 11 is 3.06. The van der Waals surface area contributed by atoms with Crippen LogP contribution in [0.5, 0.6) is 0 Å². The van der Waals surface area contributed by atoms with Gasteiger partial charge >= 0.3 is 0 Å². The molecule has 0 fully saturated rings. The summed E-state index contributed by atoms with van der Waals surface area (Å²) in [6.07, 6.45) is 9.91. The number of H-pyrrole nitrogens is 1. The fourth-order valence-electron chi connectivity index (χ4n) is 3.38. The third kappa shape index (κ3) is 5.14. The summed E-state index contributed by atoms with van der Waals surface area (Å²) in [6.45, 7) is 2.69. The van der Waals surface area contributed by atoms with Gasteiger partial charge < -0.3 is 10.3 Å². The number of carbonyl (C=O) groups excluding carboxylic acids is 1. The summed E-state index contributed by atoms with van der Waals surface area (Å²) < 4.78 is 13.6. The lowest BCUT2D eigenvalue weighted by atomic mass is 9.79. The summed E-state index contributed by atoms with van der Waals surface area (Å²) in [6, 6.07) is 7.55. The number of carbonyl (C=O) groups is 1. The van der Waals surface area contributed by atoms with E-state index in [9.17, 15) is 9.18 Å². The summed E-state index contributed by atoms with van der Waals surface area (Å²) in [5.41, 5.74) is 2.43. The van der Waals surface area contributed by atoms with Crippen molar-refractivity contribution in [2.75, 3.05) is 12.3 Å². The van der Waals surface area contributed by atoms with E-state index in [1.165, 1.54) is 17.4 Å². The van der Waals surface area contributed by atoms with Crippen molar-refractivity contribution in [2.24, 2.45) is 0 Å². The first-order chi connectivity index (χ1) is 15.0. The SMILES string of the molecule is CC1(c2[nH]c(SCCCNC(=O)c3cccs3)nc2-c2ccncc2)C=CC(F)=CC1. The molecule has 0 saturated heterocycles. The van der Waals surface area contributed by atoms with Crippen molar-refractivity contribution in [2.45, 2.75) is 30.3 Å². The van der Waals surface area contributed by atoms with Crippen molar-refractivity contribution in [3.05, 3.63) is 76.7 Å². The van der Waals surface area contributed by atoms with Crippen LogP contribution in [-0.4, -0.2) is 33.2 Å². The van der Waals surface area contributed by atoms with Gasteiger partial charge in [-0.25, -0.2) is 9.37 Å². The maximum absolute atomic E-state index is 13.6. The standard InChI is InChI=1S/C23H23FN4OS2/c1-23(9-5-17(24)6-10-23)20-19(16-7-12-25-13-8-16)27-22(28-20)31-15-3-11-26-21(29)18-4-2-14-30-18/h2,4-9,12-14H,3,10-11,15H2,1H3,(H,26,29)(H,27,28). The van der Waals surface area contributed by atoms with Crippen LogP contribution in [-0.2, 0) is 5.41 Å². The van der Waals surface area contributed by atoms with E-state index in [0.717, 1.165) is 39.2 Å². The summed E-state index contributed by atoms with van der Waals surface area (Å²) in [4.78, 5) is 25.1. The Morgan fingerprint density at radius 1 is 1.35 bits per heavy atom. The molecular weight excluding hydrogens is 431 g/mol. The van der Waals surface area contributed by atoms with E-state index in [2.05, 4.69) is 22.2 Å². The first kappa shape index (κ1) is 21.5. The van der Waals surface area contributed by atoms with E-state index < -0.39 is 0 Å². The molecule has 0 bridgehead atoms. The average Bonchev–Trinajstić information content (AvgIpc) is 3.47. The number of aromatic nitrogens is 3. The number of hydrogen-bond acceptors (Lipinski definition) is 5. The van der Waals surface area contributed by atoms with Crippen LogP contribution in [0.1, 0.15) is 35.1 Å². The first-order valence-electron chi connectivity index (χ1n) is 10.1. The molecule has 1 atom stereocenters. The maximum Gasteiger partial charge on any atom is 0.261 e. The normalized spacial score (nSPS) is 18.1. The maximum atomic E-state index is 13.6. The van der Waals surface area contributed by atoms with E-state index in [0.29, 0.717) is 13.0 Å². The van der Waals surface area contributed by atoms with E-state index in [4.69, 9.17) is 4.98 Å². The Labute approximate surface area is 188 Å². The quantitative estimate of drug-likeness (QED) is 0.347. The van der Waals surface area contributed by atoms with Crippen LogP contribution < -0.4 is 5.32 Å². The zero-order valence-corrected chi connectivity index (χ0v) is 18.7. The first-order valence-corrected chi connectivity index (χ1v) is 11.9. The van der Waals surface area contributed by atoms with Crippen LogP contribution in [0.15, 0.2) is 71.3 Å². The lowest BCUT2D eigenvalue weighted by molar-refractivity contribution is 0.0958. The molecule has 31 heavy (non-hydrogen) atoms. The number of allylic oxidation sites excluding steroid dienone is 4. The molecule has 3 aromatic rings. The molecule has 1 unspecified atom stereocenters. The molecule has 160 valence electrons. The van der Waals surface area contributed by atoms with Crippen LogP contribution in [0, 0.1) is 0 Å². The number of rotatable bonds is 8. The van der Waals surface area contributed by atoms with Crippen molar-refractivity contribution in [3.8, 4) is 11.3 Å². The van der Waals surface area contributed by atoms with Crippen LogP contribution >= 0.6 is 23.1 Å². The topological polar surface area (TPSA) is 70.7 Å². The Balaban J connectivity index is 1.43.